The Morgan fingerprint density at radius 1 is 1.38 bits per heavy atom. The quantitative estimate of drug-likeness (QED) is 0.784. The largest absolute Gasteiger partial charge is 0.497 e. The highest BCUT2D eigenvalue weighted by atomic mass is 16.5. The molecule has 4 N–H and O–H groups in total. The second-order valence-electron chi connectivity index (χ2n) is 5.57. The number of hydrogen-bond acceptors (Lipinski definition) is 4. The smallest absolute Gasteiger partial charge is 0.319 e. The van der Waals surface area contributed by atoms with Crippen molar-refractivity contribution in [1.82, 2.24) is 5.32 Å². The number of benzene rings is 1. The van der Waals surface area contributed by atoms with Crippen LogP contribution in [0.5, 0.6) is 5.75 Å². The van der Waals surface area contributed by atoms with Crippen LogP contribution in [0.25, 0.3) is 0 Å². The summed E-state index contributed by atoms with van der Waals surface area (Å²) < 4.78 is 10.8. The van der Waals surface area contributed by atoms with Crippen LogP contribution in [-0.2, 0) is 4.74 Å². The summed E-state index contributed by atoms with van der Waals surface area (Å²) in [5.41, 5.74) is 6.83. The molecule has 1 heterocycles. The van der Waals surface area contributed by atoms with Gasteiger partial charge in [0.1, 0.15) is 5.75 Å². The zero-order valence-corrected chi connectivity index (χ0v) is 12.0. The Hall–Kier alpha value is -1.79. The lowest BCUT2D eigenvalue weighted by Crippen LogP contribution is -2.72. The Bertz CT molecular complexity index is 505. The van der Waals surface area contributed by atoms with Crippen molar-refractivity contribution in [2.45, 2.75) is 31.0 Å². The van der Waals surface area contributed by atoms with E-state index < -0.39 is 0 Å². The molecule has 2 aliphatic rings. The number of hydrogen-bond donors (Lipinski definition) is 3. The minimum Gasteiger partial charge on any atom is -0.497 e. The molecule has 1 saturated heterocycles. The Labute approximate surface area is 124 Å². The van der Waals surface area contributed by atoms with Crippen LogP contribution in [0.3, 0.4) is 0 Å². The number of fused-ring (bicyclic) bond motifs is 1. The maximum absolute atomic E-state index is 12.0. The Morgan fingerprint density at radius 2 is 2.14 bits per heavy atom. The molecule has 4 unspecified atom stereocenters. The van der Waals surface area contributed by atoms with E-state index >= 15 is 0 Å². The number of methoxy groups -OCH3 is 1. The highest BCUT2D eigenvalue weighted by Gasteiger charge is 2.51. The number of carbonyl (C=O) groups excluding carboxylic acids is 1. The van der Waals surface area contributed by atoms with Crippen LogP contribution in [0.4, 0.5) is 10.5 Å². The van der Waals surface area contributed by atoms with E-state index in [1.807, 2.05) is 0 Å². The number of anilines is 1. The number of carbonyl (C=O) groups is 1. The van der Waals surface area contributed by atoms with E-state index in [0.717, 1.165) is 25.2 Å². The zero-order chi connectivity index (χ0) is 14.8. The van der Waals surface area contributed by atoms with E-state index in [2.05, 4.69) is 10.6 Å². The number of nitrogens with two attached hydrogens (primary N) is 1. The van der Waals surface area contributed by atoms with E-state index in [9.17, 15) is 4.79 Å². The molecule has 1 saturated carbocycles. The molecule has 1 aliphatic heterocycles. The van der Waals surface area contributed by atoms with Crippen LogP contribution in [0.1, 0.15) is 12.8 Å². The lowest BCUT2D eigenvalue weighted by atomic mass is 9.69. The standard InChI is InChI=1S/C15H21N3O3/c1-20-10-6-4-9(5-7-10)17-15(19)18-13-12(16)11-3-2-8-21-14(11)13/h4-7,11-14H,2-3,8,16H2,1H3,(H2,17,18,19). The topological polar surface area (TPSA) is 85.6 Å². The molecule has 6 nitrogen and oxygen atoms in total. The van der Waals surface area contributed by atoms with Crippen LogP contribution in [-0.4, -0.2) is 37.9 Å². The molecule has 1 aromatic carbocycles. The zero-order valence-electron chi connectivity index (χ0n) is 12.0. The van der Waals surface area contributed by atoms with Crippen LogP contribution < -0.4 is 21.1 Å². The van der Waals surface area contributed by atoms with Crippen molar-refractivity contribution in [3.63, 3.8) is 0 Å². The van der Waals surface area contributed by atoms with Gasteiger partial charge in [0, 0.05) is 24.3 Å². The van der Waals surface area contributed by atoms with Gasteiger partial charge < -0.3 is 25.8 Å². The molecule has 1 aliphatic carbocycles. The number of urea groups is 1. The summed E-state index contributed by atoms with van der Waals surface area (Å²) in [4.78, 5) is 12.0. The molecule has 3 rings (SSSR count). The van der Waals surface area contributed by atoms with E-state index in [-0.39, 0.29) is 24.2 Å². The molecule has 6 heteroatoms. The van der Waals surface area contributed by atoms with Crippen molar-refractivity contribution < 1.29 is 14.3 Å². The van der Waals surface area contributed by atoms with Crippen molar-refractivity contribution >= 4 is 11.7 Å². The van der Waals surface area contributed by atoms with Gasteiger partial charge in [0.15, 0.2) is 0 Å². The second kappa shape index (κ2) is 5.91. The van der Waals surface area contributed by atoms with Gasteiger partial charge >= 0.3 is 6.03 Å². The van der Waals surface area contributed by atoms with E-state index in [1.165, 1.54) is 0 Å². The van der Waals surface area contributed by atoms with Gasteiger partial charge in [0.05, 0.1) is 19.3 Å². The summed E-state index contributed by atoms with van der Waals surface area (Å²) in [6, 6.07) is 6.80. The minimum atomic E-state index is -0.256. The molecule has 0 bridgehead atoms. The number of amides is 2. The molecule has 2 fully saturated rings. The van der Waals surface area contributed by atoms with Crippen molar-refractivity contribution in [3.8, 4) is 5.75 Å². The van der Waals surface area contributed by atoms with Crippen molar-refractivity contribution in [1.29, 1.82) is 0 Å². The third kappa shape index (κ3) is 2.82. The lowest BCUT2D eigenvalue weighted by molar-refractivity contribution is -0.116. The molecule has 1 aromatic rings. The summed E-state index contributed by atoms with van der Waals surface area (Å²) in [7, 11) is 1.60. The van der Waals surface area contributed by atoms with Gasteiger partial charge in [-0.3, -0.25) is 0 Å². The maximum Gasteiger partial charge on any atom is 0.319 e. The Morgan fingerprint density at radius 3 is 2.86 bits per heavy atom. The predicted octanol–water partition coefficient (Wildman–Crippen LogP) is 1.32. The fourth-order valence-electron chi connectivity index (χ4n) is 3.12. The normalized spacial score (nSPS) is 30.8. The first kappa shape index (κ1) is 14.2. The number of rotatable bonds is 3. The third-order valence-corrected chi connectivity index (χ3v) is 4.32. The van der Waals surface area contributed by atoms with Gasteiger partial charge in [-0.25, -0.2) is 4.79 Å². The molecule has 0 radical (unpaired) electrons. The van der Waals surface area contributed by atoms with Gasteiger partial charge in [-0.05, 0) is 37.1 Å². The molecule has 0 aromatic heterocycles. The second-order valence-corrected chi connectivity index (χ2v) is 5.57. The van der Waals surface area contributed by atoms with Crippen LogP contribution in [0.15, 0.2) is 24.3 Å². The first-order valence-electron chi connectivity index (χ1n) is 7.28. The average molecular weight is 291 g/mol. The minimum absolute atomic E-state index is 0.0167. The fraction of sp³-hybridized carbons (Fsp3) is 0.533. The molecule has 2 amide bonds. The molecule has 0 spiro atoms. The molecular formula is C15H21N3O3. The summed E-state index contributed by atoms with van der Waals surface area (Å²) >= 11 is 0. The highest BCUT2D eigenvalue weighted by molar-refractivity contribution is 5.89. The first-order chi connectivity index (χ1) is 10.2. The van der Waals surface area contributed by atoms with Gasteiger partial charge in [0.25, 0.3) is 0 Å². The monoisotopic (exact) mass is 291 g/mol. The maximum atomic E-state index is 12.0. The van der Waals surface area contributed by atoms with Gasteiger partial charge in [0.2, 0.25) is 0 Å². The average Bonchev–Trinajstić information content (AvgIpc) is 2.53. The fourth-order valence-corrected chi connectivity index (χ4v) is 3.12. The predicted molar refractivity (Wildman–Crippen MR) is 79.4 cm³/mol. The van der Waals surface area contributed by atoms with Crippen molar-refractivity contribution in [2.75, 3.05) is 19.0 Å². The van der Waals surface area contributed by atoms with Gasteiger partial charge in [-0.2, -0.15) is 0 Å². The molecule has 114 valence electrons. The van der Waals surface area contributed by atoms with Crippen molar-refractivity contribution in [3.05, 3.63) is 24.3 Å². The van der Waals surface area contributed by atoms with Gasteiger partial charge in [-0.1, -0.05) is 0 Å². The van der Waals surface area contributed by atoms with E-state index in [0.29, 0.717) is 11.6 Å². The SMILES string of the molecule is COc1ccc(NC(=O)NC2C(N)C3CCCOC32)cc1. The lowest BCUT2D eigenvalue weighted by Gasteiger charge is -2.52. The first-order valence-corrected chi connectivity index (χ1v) is 7.28. The van der Waals surface area contributed by atoms with Crippen LogP contribution in [0.2, 0.25) is 0 Å². The highest BCUT2D eigenvalue weighted by Crippen LogP contribution is 2.36. The summed E-state index contributed by atoms with van der Waals surface area (Å²) in [6.45, 7) is 0.756. The molecular weight excluding hydrogens is 270 g/mol. The van der Waals surface area contributed by atoms with Crippen LogP contribution in [0, 0.1) is 5.92 Å². The van der Waals surface area contributed by atoms with Crippen LogP contribution >= 0.6 is 0 Å². The summed E-state index contributed by atoms with van der Waals surface area (Å²) in [5.74, 6) is 1.13. The molecule has 4 atom stereocenters. The Balaban J connectivity index is 1.54. The number of ether oxygens (including phenoxy) is 2. The van der Waals surface area contributed by atoms with E-state index in [1.54, 1.807) is 31.4 Å². The Kier molecular flexibility index (Phi) is 3.98. The van der Waals surface area contributed by atoms with Gasteiger partial charge in [-0.15, -0.1) is 0 Å². The summed E-state index contributed by atoms with van der Waals surface area (Å²) in [5, 5.41) is 5.70. The third-order valence-electron chi connectivity index (χ3n) is 4.32. The van der Waals surface area contributed by atoms with Crippen molar-refractivity contribution in [2.24, 2.45) is 11.7 Å². The van der Waals surface area contributed by atoms with E-state index in [4.69, 9.17) is 15.2 Å². The number of nitrogens with one attached hydrogen (secondary N) is 2. The summed E-state index contributed by atoms with van der Waals surface area (Å²) in [6.07, 6.45) is 2.21. The molecule has 21 heavy (non-hydrogen) atoms.